The van der Waals surface area contributed by atoms with E-state index >= 15 is 0 Å². The smallest absolute Gasteiger partial charge is 0.317 e. The minimum Gasteiger partial charge on any atom is -0.338 e. The monoisotopic (exact) mass is 433 g/mol. The molecule has 0 unspecified atom stereocenters. The molecule has 7 heteroatoms. The van der Waals surface area contributed by atoms with E-state index in [2.05, 4.69) is 12.2 Å². The van der Waals surface area contributed by atoms with Gasteiger partial charge < -0.3 is 15.1 Å². The Morgan fingerprint density at radius 2 is 1.77 bits per heavy atom. The molecule has 164 valence electrons. The molecule has 0 atom stereocenters. The first kappa shape index (κ1) is 23.9. The summed E-state index contributed by atoms with van der Waals surface area (Å²) in [5.41, 5.74) is 1.99. The molecule has 30 heavy (non-hydrogen) atoms. The number of rotatable bonds is 11. The van der Waals surface area contributed by atoms with Crippen molar-refractivity contribution in [1.82, 2.24) is 15.1 Å². The lowest BCUT2D eigenvalue weighted by atomic mass is 10.2. The van der Waals surface area contributed by atoms with Crippen molar-refractivity contribution in [2.24, 2.45) is 0 Å². The number of carbonyl (C=O) groups is 2. The van der Waals surface area contributed by atoms with E-state index in [1.807, 2.05) is 25.3 Å². The van der Waals surface area contributed by atoms with Gasteiger partial charge in [0.25, 0.3) is 0 Å². The van der Waals surface area contributed by atoms with Crippen LogP contribution in [0.25, 0.3) is 0 Å². The van der Waals surface area contributed by atoms with Crippen LogP contribution in [0.5, 0.6) is 0 Å². The van der Waals surface area contributed by atoms with Crippen molar-refractivity contribution >= 4 is 23.3 Å². The number of halogens is 1. The van der Waals surface area contributed by atoms with Gasteiger partial charge in [0, 0.05) is 24.5 Å². The van der Waals surface area contributed by atoms with Crippen molar-refractivity contribution in [3.8, 4) is 0 Å². The van der Waals surface area contributed by atoms with E-state index in [0.717, 1.165) is 35.3 Å². The average Bonchev–Trinajstić information content (AvgIpc) is 3.13. The molecule has 5 nitrogen and oxygen atoms in total. The summed E-state index contributed by atoms with van der Waals surface area (Å²) < 4.78 is 13.3. The first-order valence-corrected chi connectivity index (χ1v) is 11.4. The van der Waals surface area contributed by atoms with Crippen LogP contribution in [0.2, 0.25) is 0 Å². The lowest BCUT2D eigenvalue weighted by molar-refractivity contribution is -0.133. The van der Waals surface area contributed by atoms with Gasteiger partial charge in [0.05, 0.1) is 6.54 Å². The number of carbonyl (C=O) groups excluding carboxylic acids is 2. The maximum Gasteiger partial charge on any atom is 0.317 e. The van der Waals surface area contributed by atoms with Gasteiger partial charge in [0.15, 0.2) is 0 Å². The molecular formula is C23H32FN3O2S. The third-order valence-electron chi connectivity index (χ3n) is 4.86. The molecule has 1 heterocycles. The number of urea groups is 1. The van der Waals surface area contributed by atoms with E-state index in [9.17, 15) is 14.0 Å². The van der Waals surface area contributed by atoms with Crippen LogP contribution in [0.4, 0.5) is 9.18 Å². The zero-order valence-corrected chi connectivity index (χ0v) is 18.9. The number of amides is 3. The highest BCUT2D eigenvalue weighted by molar-refractivity contribution is 7.10. The van der Waals surface area contributed by atoms with Gasteiger partial charge in [-0.15, -0.1) is 11.3 Å². The maximum atomic E-state index is 13.3. The van der Waals surface area contributed by atoms with Crippen LogP contribution in [0.1, 0.15) is 49.1 Å². The zero-order valence-electron chi connectivity index (χ0n) is 18.1. The van der Waals surface area contributed by atoms with Gasteiger partial charge in [-0.1, -0.05) is 32.4 Å². The van der Waals surface area contributed by atoms with Crippen LogP contribution in [-0.4, -0.2) is 41.4 Å². The molecule has 0 radical (unpaired) electrons. The minimum atomic E-state index is -0.302. The number of nitrogens with zero attached hydrogens (tertiary/aromatic N) is 2. The van der Waals surface area contributed by atoms with Gasteiger partial charge in [-0.05, 0) is 54.5 Å². The molecule has 2 aromatic rings. The fourth-order valence-electron chi connectivity index (χ4n) is 3.05. The molecule has 0 aliphatic heterocycles. The predicted molar refractivity (Wildman–Crippen MR) is 120 cm³/mol. The minimum absolute atomic E-state index is 0.0252. The summed E-state index contributed by atoms with van der Waals surface area (Å²) in [7, 11) is 0. The van der Waals surface area contributed by atoms with Gasteiger partial charge in [-0.3, -0.25) is 4.79 Å². The number of hydrogen-bond acceptors (Lipinski definition) is 3. The third-order valence-corrected chi connectivity index (χ3v) is 5.86. The normalized spacial score (nSPS) is 10.7. The van der Waals surface area contributed by atoms with Gasteiger partial charge in [0.2, 0.25) is 5.91 Å². The fourth-order valence-corrected chi connectivity index (χ4v) is 3.97. The zero-order chi connectivity index (χ0) is 21.9. The summed E-state index contributed by atoms with van der Waals surface area (Å²) in [5, 5.41) is 4.91. The van der Waals surface area contributed by atoms with E-state index in [-0.39, 0.29) is 24.3 Å². The summed E-state index contributed by atoms with van der Waals surface area (Å²) in [6.45, 7) is 8.07. The average molecular weight is 434 g/mol. The Balaban J connectivity index is 2.13. The summed E-state index contributed by atoms with van der Waals surface area (Å²) in [5.74, 6) is -0.421. The quantitative estimate of drug-likeness (QED) is 0.510. The summed E-state index contributed by atoms with van der Waals surface area (Å²) in [6.07, 6.45) is 2.68. The molecule has 1 N–H and O–H groups in total. The number of unbranched alkanes of at least 4 members (excludes halogenated alkanes) is 1. The van der Waals surface area contributed by atoms with Crippen molar-refractivity contribution < 1.29 is 14.0 Å². The summed E-state index contributed by atoms with van der Waals surface area (Å²) in [6, 6.07) is 8.02. The van der Waals surface area contributed by atoms with Crippen molar-refractivity contribution in [3.05, 3.63) is 57.5 Å². The van der Waals surface area contributed by atoms with Crippen molar-refractivity contribution in [2.75, 3.05) is 19.6 Å². The van der Waals surface area contributed by atoms with Crippen LogP contribution in [0, 0.1) is 12.7 Å². The Kier molecular flexibility index (Phi) is 9.80. The number of hydrogen-bond donors (Lipinski definition) is 1. The van der Waals surface area contributed by atoms with Crippen LogP contribution in [-0.2, 0) is 17.9 Å². The number of benzene rings is 1. The maximum absolute atomic E-state index is 13.3. The Hall–Kier alpha value is -2.41. The number of aryl methyl sites for hydroxylation is 1. The lowest BCUT2D eigenvalue weighted by Gasteiger charge is -2.28. The van der Waals surface area contributed by atoms with E-state index in [0.29, 0.717) is 26.2 Å². The molecule has 0 bridgehead atoms. The molecule has 1 aromatic carbocycles. The summed E-state index contributed by atoms with van der Waals surface area (Å²) >= 11 is 1.61. The van der Waals surface area contributed by atoms with E-state index < -0.39 is 0 Å². The Labute approximate surface area is 182 Å². The van der Waals surface area contributed by atoms with Crippen molar-refractivity contribution in [2.45, 2.75) is 53.1 Å². The van der Waals surface area contributed by atoms with Crippen LogP contribution < -0.4 is 5.32 Å². The largest absolute Gasteiger partial charge is 0.338 e. The molecule has 0 saturated carbocycles. The van der Waals surface area contributed by atoms with Crippen LogP contribution in [0.3, 0.4) is 0 Å². The molecule has 2 rings (SSSR count). The standard InChI is InChI=1S/C23H32FN3O2S/c1-4-6-12-25-23(29)26(13-5-2)17-22(28)27(16-21-18(3)11-14-30-21)15-19-7-9-20(24)10-8-19/h7-11,14H,4-6,12-13,15-17H2,1-3H3,(H,25,29). The first-order chi connectivity index (χ1) is 14.4. The summed E-state index contributed by atoms with van der Waals surface area (Å²) in [4.78, 5) is 30.2. The van der Waals surface area contributed by atoms with Crippen LogP contribution >= 0.6 is 11.3 Å². The van der Waals surface area contributed by atoms with Gasteiger partial charge in [-0.25, -0.2) is 9.18 Å². The fraction of sp³-hybridized carbons (Fsp3) is 0.478. The highest BCUT2D eigenvalue weighted by Gasteiger charge is 2.22. The topological polar surface area (TPSA) is 52.7 Å². The Bertz CT molecular complexity index is 807. The van der Waals surface area contributed by atoms with E-state index in [1.165, 1.54) is 12.1 Å². The van der Waals surface area contributed by atoms with Gasteiger partial charge >= 0.3 is 6.03 Å². The highest BCUT2D eigenvalue weighted by atomic mass is 32.1. The molecule has 3 amide bonds. The molecule has 0 aliphatic carbocycles. The van der Waals surface area contributed by atoms with E-state index in [4.69, 9.17) is 0 Å². The number of thiophene rings is 1. The van der Waals surface area contributed by atoms with Crippen LogP contribution in [0.15, 0.2) is 35.7 Å². The molecule has 0 aliphatic rings. The van der Waals surface area contributed by atoms with E-state index in [1.54, 1.807) is 33.3 Å². The van der Waals surface area contributed by atoms with Gasteiger partial charge in [-0.2, -0.15) is 0 Å². The molecule has 0 fully saturated rings. The molecule has 0 spiro atoms. The predicted octanol–water partition coefficient (Wildman–Crippen LogP) is 4.95. The molecule has 1 aromatic heterocycles. The van der Waals surface area contributed by atoms with Crippen molar-refractivity contribution in [1.29, 1.82) is 0 Å². The molecule has 0 saturated heterocycles. The second-order valence-corrected chi connectivity index (χ2v) is 8.41. The third kappa shape index (κ3) is 7.44. The second-order valence-electron chi connectivity index (χ2n) is 7.41. The second kappa shape index (κ2) is 12.3. The number of nitrogens with one attached hydrogen (secondary N) is 1. The van der Waals surface area contributed by atoms with Crippen molar-refractivity contribution in [3.63, 3.8) is 0 Å². The first-order valence-electron chi connectivity index (χ1n) is 10.5. The SMILES string of the molecule is CCCCNC(=O)N(CCC)CC(=O)N(Cc1ccc(F)cc1)Cc1sccc1C. The molecular weight excluding hydrogens is 401 g/mol. The Morgan fingerprint density at radius 3 is 2.37 bits per heavy atom. The highest BCUT2D eigenvalue weighted by Crippen LogP contribution is 2.20. The Morgan fingerprint density at radius 1 is 1.03 bits per heavy atom. The van der Waals surface area contributed by atoms with Gasteiger partial charge in [0.1, 0.15) is 12.4 Å². The lowest BCUT2D eigenvalue weighted by Crippen LogP contribution is -2.47.